The van der Waals surface area contributed by atoms with Crippen LogP contribution in [0.1, 0.15) is 18.5 Å². The minimum atomic E-state index is -1.15. The third-order valence-electron chi connectivity index (χ3n) is 5.91. The fourth-order valence-corrected chi connectivity index (χ4v) is 4.99. The highest BCUT2D eigenvalue weighted by Gasteiger charge is 2.68. The molecular weight excluding hydrogens is 435 g/mol. The first-order valence-electron chi connectivity index (χ1n) is 9.82. The zero-order chi connectivity index (χ0) is 21.8. The normalized spacial score (nSPS) is 25.3. The van der Waals surface area contributed by atoms with Gasteiger partial charge in [-0.05, 0) is 42.8 Å². The smallest absolute Gasteiger partial charge is 0.266 e. The predicted molar refractivity (Wildman–Crippen MR) is 120 cm³/mol. The van der Waals surface area contributed by atoms with Gasteiger partial charge in [-0.25, -0.2) is 9.96 Å². The first kappa shape index (κ1) is 20.1. The molecule has 0 radical (unpaired) electrons. The van der Waals surface area contributed by atoms with Crippen LogP contribution in [0.3, 0.4) is 0 Å². The summed E-state index contributed by atoms with van der Waals surface area (Å²) in [4.78, 5) is 34.6. The Bertz CT molecular complexity index is 1150. The van der Waals surface area contributed by atoms with Gasteiger partial charge in [-0.15, -0.1) is 0 Å². The van der Waals surface area contributed by atoms with Crippen molar-refractivity contribution in [3.05, 3.63) is 94.5 Å². The summed E-state index contributed by atoms with van der Waals surface area (Å²) < 4.78 is 0. The lowest BCUT2D eigenvalue weighted by molar-refractivity contribution is -0.128. The molecule has 3 aromatic rings. The van der Waals surface area contributed by atoms with Crippen LogP contribution in [0.5, 0.6) is 0 Å². The Kier molecular flexibility index (Phi) is 4.77. The Morgan fingerprint density at radius 3 is 2.03 bits per heavy atom. The van der Waals surface area contributed by atoms with Gasteiger partial charge in [0.25, 0.3) is 5.91 Å². The summed E-state index contributed by atoms with van der Waals surface area (Å²) in [6.45, 7) is 1.78. The van der Waals surface area contributed by atoms with Crippen LogP contribution >= 0.6 is 23.2 Å². The Labute approximate surface area is 189 Å². The quantitative estimate of drug-likeness (QED) is 0.496. The second-order valence-electron chi connectivity index (χ2n) is 7.85. The van der Waals surface area contributed by atoms with Gasteiger partial charge in [0.1, 0.15) is 5.41 Å². The molecule has 31 heavy (non-hydrogen) atoms. The number of para-hydroxylation sites is 1. The molecule has 2 aliphatic heterocycles. The van der Waals surface area contributed by atoms with E-state index in [2.05, 4.69) is 0 Å². The summed E-state index contributed by atoms with van der Waals surface area (Å²) in [7, 11) is 0. The van der Waals surface area contributed by atoms with E-state index >= 15 is 0 Å². The summed E-state index contributed by atoms with van der Waals surface area (Å²) in [6.07, 6.45) is -0.983. The maximum atomic E-state index is 13.8. The minimum absolute atomic E-state index is 0.338. The number of fused-ring (bicyclic) bond motifs is 1. The number of rotatable bonds is 3. The van der Waals surface area contributed by atoms with E-state index in [1.54, 1.807) is 30.2 Å². The van der Waals surface area contributed by atoms with E-state index < -0.39 is 23.5 Å². The van der Waals surface area contributed by atoms with Gasteiger partial charge in [-0.1, -0.05) is 71.7 Å². The number of amides is 2. The molecule has 2 fully saturated rings. The van der Waals surface area contributed by atoms with E-state index in [9.17, 15) is 9.59 Å². The lowest BCUT2D eigenvalue weighted by Crippen LogP contribution is -2.41. The van der Waals surface area contributed by atoms with Gasteiger partial charge in [0, 0.05) is 10.0 Å². The summed E-state index contributed by atoms with van der Waals surface area (Å²) >= 11 is 12.3. The largest absolute Gasteiger partial charge is 0.273 e. The molecule has 3 aromatic carbocycles. The number of nitrogens with zero attached hydrogens (tertiary/aromatic N) is 2. The van der Waals surface area contributed by atoms with Gasteiger partial charge in [-0.2, -0.15) is 0 Å². The maximum absolute atomic E-state index is 13.8. The van der Waals surface area contributed by atoms with Crippen LogP contribution in [0.15, 0.2) is 78.9 Å². The molecule has 5 rings (SSSR count). The molecule has 156 valence electrons. The first-order chi connectivity index (χ1) is 14.9. The summed E-state index contributed by atoms with van der Waals surface area (Å²) in [5, 5.41) is 2.37. The van der Waals surface area contributed by atoms with Crippen LogP contribution in [0.25, 0.3) is 0 Å². The molecular formula is C24H18Cl2N2O3. The molecule has 3 unspecified atom stereocenters. The molecule has 2 heterocycles. The Morgan fingerprint density at radius 1 is 0.839 bits per heavy atom. The molecule has 7 heteroatoms. The Balaban J connectivity index is 1.64. The fourth-order valence-electron chi connectivity index (χ4n) is 4.47. The van der Waals surface area contributed by atoms with Gasteiger partial charge in [0.15, 0.2) is 6.10 Å². The van der Waals surface area contributed by atoms with E-state index in [0.717, 1.165) is 16.2 Å². The van der Waals surface area contributed by atoms with Gasteiger partial charge < -0.3 is 0 Å². The molecule has 2 amide bonds. The molecule has 3 atom stereocenters. The third-order valence-corrected chi connectivity index (χ3v) is 6.34. The van der Waals surface area contributed by atoms with Gasteiger partial charge >= 0.3 is 0 Å². The van der Waals surface area contributed by atoms with Crippen LogP contribution in [0, 0.1) is 5.41 Å². The topological polar surface area (TPSA) is 49.9 Å². The summed E-state index contributed by atoms with van der Waals surface area (Å²) in [5.74, 6) is -0.793. The van der Waals surface area contributed by atoms with E-state index in [0.29, 0.717) is 15.7 Å². The molecule has 0 aromatic heterocycles. The molecule has 0 bridgehead atoms. The Morgan fingerprint density at radius 2 is 1.42 bits per heavy atom. The van der Waals surface area contributed by atoms with Crippen molar-refractivity contribution in [3.63, 3.8) is 0 Å². The van der Waals surface area contributed by atoms with E-state index in [-0.39, 0.29) is 5.91 Å². The number of carbonyl (C=O) groups is 2. The maximum Gasteiger partial charge on any atom is 0.266 e. The van der Waals surface area contributed by atoms with E-state index in [1.165, 1.54) is 0 Å². The van der Waals surface area contributed by atoms with Crippen LogP contribution in [-0.4, -0.2) is 17.9 Å². The van der Waals surface area contributed by atoms with Crippen LogP contribution in [0.2, 0.25) is 10.0 Å². The number of carbonyl (C=O) groups excluding carboxylic acids is 2. The first-order valence-corrected chi connectivity index (χ1v) is 10.6. The highest BCUT2D eigenvalue weighted by molar-refractivity contribution is 6.36. The molecule has 2 saturated heterocycles. The van der Waals surface area contributed by atoms with Crippen molar-refractivity contribution in [3.8, 4) is 0 Å². The highest BCUT2D eigenvalue weighted by atomic mass is 35.5. The standard InChI is InChI=1S/C24H18Cl2N2O3/c1-24-20(15-8-4-2-5-9-15)28(18-10-6-3-7-11-18)31-21(24)22(29)27(23(24)30)19-13-16(25)12-17(26)14-19/h2-14,20-21H,1H3. The molecule has 5 nitrogen and oxygen atoms in total. The molecule has 2 aliphatic rings. The van der Waals surface area contributed by atoms with Crippen molar-refractivity contribution >= 4 is 46.4 Å². The predicted octanol–water partition coefficient (Wildman–Crippen LogP) is 5.43. The second-order valence-corrected chi connectivity index (χ2v) is 8.72. The number of imide groups is 1. The van der Waals surface area contributed by atoms with Crippen molar-refractivity contribution in [2.75, 3.05) is 9.96 Å². The van der Waals surface area contributed by atoms with Crippen molar-refractivity contribution in [1.29, 1.82) is 0 Å². The minimum Gasteiger partial charge on any atom is -0.273 e. The summed E-state index contributed by atoms with van der Waals surface area (Å²) in [6, 6.07) is 23.2. The molecule has 0 aliphatic carbocycles. The Hall–Kier alpha value is -2.86. The number of benzene rings is 3. The van der Waals surface area contributed by atoms with Crippen molar-refractivity contribution < 1.29 is 14.4 Å². The number of hydrogen-bond donors (Lipinski definition) is 0. The SMILES string of the molecule is CC12C(=O)N(c3cc(Cl)cc(Cl)c3)C(=O)C1ON(c1ccccc1)C2c1ccccc1. The van der Waals surface area contributed by atoms with Gasteiger partial charge in [0.05, 0.1) is 17.4 Å². The van der Waals surface area contributed by atoms with Gasteiger partial charge in [-0.3, -0.25) is 14.4 Å². The van der Waals surface area contributed by atoms with E-state index in [4.69, 9.17) is 28.0 Å². The number of anilines is 2. The average Bonchev–Trinajstić information content (AvgIpc) is 3.17. The van der Waals surface area contributed by atoms with Gasteiger partial charge in [0.2, 0.25) is 5.91 Å². The lowest BCUT2D eigenvalue weighted by atomic mass is 9.76. The van der Waals surface area contributed by atoms with Crippen LogP contribution in [-0.2, 0) is 14.4 Å². The number of hydrogen-bond acceptors (Lipinski definition) is 4. The van der Waals surface area contributed by atoms with Crippen LogP contribution in [0.4, 0.5) is 11.4 Å². The third kappa shape index (κ3) is 3.04. The monoisotopic (exact) mass is 452 g/mol. The summed E-state index contributed by atoms with van der Waals surface area (Å²) in [5.41, 5.74) is 0.835. The van der Waals surface area contributed by atoms with Crippen LogP contribution < -0.4 is 9.96 Å². The van der Waals surface area contributed by atoms with Crippen molar-refractivity contribution in [2.24, 2.45) is 5.41 Å². The number of halogens is 2. The lowest BCUT2D eigenvalue weighted by Gasteiger charge is -2.32. The second kappa shape index (κ2) is 7.38. The molecule has 0 saturated carbocycles. The zero-order valence-electron chi connectivity index (χ0n) is 16.5. The zero-order valence-corrected chi connectivity index (χ0v) is 18.0. The average molecular weight is 453 g/mol. The number of hydroxylamine groups is 1. The highest BCUT2D eigenvalue weighted by Crippen LogP contribution is 2.55. The molecule has 0 N–H and O–H groups in total. The molecule has 0 spiro atoms. The van der Waals surface area contributed by atoms with Crippen molar-refractivity contribution in [2.45, 2.75) is 19.1 Å². The van der Waals surface area contributed by atoms with E-state index in [1.807, 2.05) is 60.7 Å². The fraction of sp³-hybridized carbons (Fsp3) is 0.167. The van der Waals surface area contributed by atoms with Crippen molar-refractivity contribution in [1.82, 2.24) is 0 Å².